The first-order valence-corrected chi connectivity index (χ1v) is 7.16. The minimum absolute atomic E-state index is 0.847. The number of aryl methyl sites for hydroxylation is 1. The molecule has 2 heterocycles. The van der Waals surface area contributed by atoms with E-state index < -0.39 is 0 Å². The maximum atomic E-state index is 4.45. The number of hydrogen-bond donors (Lipinski definition) is 2. The Hall–Kier alpha value is -1.39. The third kappa shape index (κ3) is 2.54. The van der Waals surface area contributed by atoms with E-state index in [0.29, 0.717) is 0 Å². The molecule has 18 heavy (non-hydrogen) atoms. The number of rotatable bonds is 4. The molecule has 1 aliphatic heterocycles. The van der Waals surface area contributed by atoms with Crippen LogP contribution < -0.4 is 10.6 Å². The fourth-order valence-corrected chi connectivity index (χ4v) is 2.91. The molecule has 0 spiro atoms. The van der Waals surface area contributed by atoms with E-state index in [-0.39, 0.29) is 0 Å². The summed E-state index contributed by atoms with van der Waals surface area (Å²) in [7, 11) is 0. The number of aromatic nitrogens is 1. The van der Waals surface area contributed by atoms with Crippen LogP contribution in [0.15, 0.2) is 23.6 Å². The highest BCUT2D eigenvalue weighted by Gasteiger charge is 2.09. The number of anilines is 1. The van der Waals surface area contributed by atoms with Gasteiger partial charge >= 0.3 is 0 Å². The van der Waals surface area contributed by atoms with Gasteiger partial charge in [-0.25, -0.2) is 4.98 Å². The van der Waals surface area contributed by atoms with Crippen LogP contribution in [0.2, 0.25) is 0 Å². The zero-order valence-electron chi connectivity index (χ0n) is 10.5. The van der Waals surface area contributed by atoms with Crippen LogP contribution in [-0.4, -0.2) is 11.5 Å². The smallest absolute Gasteiger partial charge is 0.0897 e. The second-order valence-electron chi connectivity index (χ2n) is 4.63. The van der Waals surface area contributed by atoms with Gasteiger partial charge in [-0.2, -0.15) is 0 Å². The van der Waals surface area contributed by atoms with Gasteiger partial charge in [0, 0.05) is 30.7 Å². The van der Waals surface area contributed by atoms with Crippen molar-refractivity contribution in [2.75, 3.05) is 11.9 Å². The zero-order chi connectivity index (χ0) is 12.4. The molecule has 2 aromatic rings. The Bertz CT molecular complexity index is 548. The van der Waals surface area contributed by atoms with Crippen LogP contribution in [-0.2, 0) is 19.5 Å². The summed E-state index contributed by atoms with van der Waals surface area (Å²) in [5.74, 6) is 0. The van der Waals surface area contributed by atoms with Gasteiger partial charge in [-0.1, -0.05) is 12.1 Å². The van der Waals surface area contributed by atoms with Gasteiger partial charge in [0.15, 0.2) is 0 Å². The van der Waals surface area contributed by atoms with Crippen molar-refractivity contribution in [3.05, 3.63) is 45.4 Å². The fraction of sp³-hybridized carbons (Fsp3) is 0.357. The lowest BCUT2D eigenvalue weighted by Crippen LogP contribution is -2.13. The molecule has 0 saturated heterocycles. The van der Waals surface area contributed by atoms with Crippen molar-refractivity contribution in [1.82, 2.24) is 10.3 Å². The molecule has 0 fully saturated rings. The van der Waals surface area contributed by atoms with Gasteiger partial charge in [-0.3, -0.25) is 0 Å². The Labute approximate surface area is 111 Å². The molecular formula is C14H17N3S. The topological polar surface area (TPSA) is 37.0 Å². The van der Waals surface area contributed by atoms with Gasteiger partial charge in [0.05, 0.1) is 10.7 Å². The lowest BCUT2D eigenvalue weighted by atomic mass is 10.1. The standard InChI is InChI=1S/C14H17N3S/c1-10-17-13(9-18-10)8-15-7-11-2-3-14-12(6-11)4-5-16-14/h2-3,6,9,15-16H,4-5,7-8H2,1H3. The Kier molecular flexibility index (Phi) is 3.30. The van der Waals surface area contributed by atoms with Crippen molar-refractivity contribution < 1.29 is 0 Å². The number of thiazole rings is 1. The van der Waals surface area contributed by atoms with E-state index in [9.17, 15) is 0 Å². The van der Waals surface area contributed by atoms with E-state index in [1.807, 2.05) is 6.92 Å². The molecule has 0 saturated carbocycles. The summed E-state index contributed by atoms with van der Waals surface area (Å²) >= 11 is 1.71. The summed E-state index contributed by atoms with van der Waals surface area (Å²) < 4.78 is 0. The second kappa shape index (κ2) is 5.08. The van der Waals surface area contributed by atoms with E-state index in [0.717, 1.165) is 36.8 Å². The summed E-state index contributed by atoms with van der Waals surface area (Å²) in [5.41, 5.74) is 5.23. The molecule has 0 radical (unpaired) electrons. The summed E-state index contributed by atoms with van der Waals surface area (Å²) in [6.45, 7) is 4.87. The van der Waals surface area contributed by atoms with Gasteiger partial charge in [-0.15, -0.1) is 11.3 Å². The molecule has 1 aromatic carbocycles. The van der Waals surface area contributed by atoms with E-state index in [4.69, 9.17) is 0 Å². The maximum absolute atomic E-state index is 4.45. The van der Waals surface area contributed by atoms with Crippen LogP contribution in [0, 0.1) is 6.92 Å². The average Bonchev–Trinajstić information content (AvgIpc) is 2.97. The Balaban J connectivity index is 1.57. The molecule has 3 rings (SSSR count). The second-order valence-corrected chi connectivity index (χ2v) is 5.69. The molecule has 0 unspecified atom stereocenters. The monoisotopic (exact) mass is 259 g/mol. The van der Waals surface area contributed by atoms with Crippen LogP contribution in [0.1, 0.15) is 21.8 Å². The third-order valence-electron chi connectivity index (χ3n) is 3.18. The Morgan fingerprint density at radius 1 is 1.39 bits per heavy atom. The number of fused-ring (bicyclic) bond motifs is 1. The molecule has 4 heteroatoms. The van der Waals surface area contributed by atoms with Crippen molar-refractivity contribution in [1.29, 1.82) is 0 Å². The molecule has 94 valence electrons. The normalized spacial score (nSPS) is 13.4. The first kappa shape index (κ1) is 11.7. The molecular weight excluding hydrogens is 242 g/mol. The molecule has 1 aromatic heterocycles. The molecule has 0 atom stereocenters. The lowest BCUT2D eigenvalue weighted by Gasteiger charge is -2.06. The van der Waals surface area contributed by atoms with Gasteiger partial charge in [0.2, 0.25) is 0 Å². The highest BCUT2D eigenvalue weighted by atomic mass is 32.1. The summed E-state index contributed by atoms with van der Waals surface area (Å²) in [6, 6.07) is 6.68. The van der Waals surface area contributed by atoms with E-state index in [1.165, 1.54) is 16.8 Å². The van der Waals surface area contributed by atoms with Gasteiger partial charge in [0.1, 0.15) is 0 Å². The molecule has 0 bridgehead atoms. The van der Waals surface area contributed by atoms with Gasteiger partial charge < -0.3 is 10.6 Å². The fourth-order valence-electron chi connectivity index (χ4n) is 2.29. The summed E-state index contributed by atoms with van der Waals surface area (Å²) in [4.78, 5) is 4.45. The maximum Gasteiger partial charge on any atom is 0.0897 e. The molecule has 2 N–H and O–H groups in total. The van der Waals surface area contributed by atoms with E-state index in [1.54, 1.807) is 11.3 Å². The minimum atomic E-state index is 0.847. The van der Waals surface area contributed by atoms with Crippen molar-refractivity contribution in [2.45, 2.75) is 26.4 Å². The van der Waals surface area contributed by atoms with Gasteiger partial charge in [0.25, 0.3) is 0 Å². The van der Waals surface area contributed by atoms with Crippen LogP contribution in [0.25, 0.3) is 0 Å². The molecule has 0 aliphatic carbocycles. The first-order valence-electron chi connectivity index (χ1n) is 6.29. The number of benzene rings is 1. The van der Waals surface area contributed by atoms with Crippen molar-refractivity contribution in [3.8, 4) is 0 Å². The first-order chi connectivity index (χ1) is 8.81. The average molecular weight is 259 g/mol. The van der Waals surface area contributed by atoms with E-state index >= 15 is 0 Å². The van der Waals surface area contributed by atoms with Crippen LogP contribution in [0.5, 0.6) is 0 Å². The Morgan fingerprint density at radius 2 is 2.33 bits per heavy atom. The third-order valence-corrected chi connectivity index (χ3v) is 4.00. The highest BCUT2D eigenvalue weighted by Crippen LogP contribution is 2.22. The largest absolute Gasteiger partial charge is 0.384 e. The Morgan fingerprint density at radius 3 is 3.17 bits per heavy atom. The van der Waals surface area contributed by atoms with Crippen LogP contribution >= 0.6 is 11.3 Å². The molecule has 0 amide bonds. The molecule has 1 aliphatic rings. The minimum Gasteiger partial charge on any atom is -0.384 e. The van der Waals surface area contributed by atoms with Crippen molar-refractivity contribution >= 4 is 17.0 Å². The van der Waals surface area contributed by atoms with Crippen molar-refractivity contribution in [3.63, 3.8) is 0 Å². The summed E-state index contributed by atoms with van der Waals surface area (Å²) in [6.07, 6.45) is 1.15. The van der Waals surface area contributed by atoms with Gasteiger partial charge in [-0.05, 0) is 30.5 Å². The SMILES string of the molecule is Cc1nc(CNCc2ccc3c(c2)CCN3)cs1. The molecule has 3 nitrogen and oxygen atoms in total. The van der Waals surface area contributed by atoms with Crippen LogP contribution in [0.3, 0.4) is 0 Å². The van der Waals surface area contributed by atoms with Crippen LogP contribution in [0.4, 0.5) is 5.69 Å². The highest BCUT2D eigenvalue weighted by molar-refractivity contribution is 7.09. The number of nitrogens with one attached hydrogen (secondary N) is 2. The van der Waals surface area contributed by atoms with Crippen molar-refractivity contribution in [2.24, 2.45) is 0 Å². The summed E-state index contributed by atoms with van der Waals surface area (Å²) in [5, 5.41) is 10.1. The number of nitrogens with zero attached hydrogens (tertiary/aromatic N) is 1. The zero-order valence-corrected chi connectivity index (χ0v) is 11.3. The predicted octanol–water partition coefficient (Wildman–Crippen LogP) is 2.71. The quantitative estimate of drug-likeness (QED) is 0.886. The predicted molar refractivity (Wildman–Crippen MR) is 76.0 cm³/mol. The number of hydrogen-bond acceptors (Lipinski definition) is 4. The lowest BCUT2D eigenvalue weighted by molar-refractivity contribution is 0.681. The van der Waals surface area contributed by atoms with E-state index in [2.05, 4.69) is 39.2 Å².